The Bertz CT molecular complexity index is 584. The number of alkyl halides is 2. The number of aryl methyl sites for hydroxylation is 1. The Kier molecular flexibility index (Phi) is 4.13. The van der Waals surface area contributed by atoms with Crippen molar-refractivity contribution in [2.24, 2.45) is 0 Å². The van der Waals surface area contributed by atoms with Gasteiger partial charge < -0.3 is 10.5 Å². The van der Waals surface area contributed by atoms with Gasteiger partial charge in [-0.05, 0) is 41.6 Å². The van der Waals surface area contributed by atoms with E-state index >= 15 is 0 Å². The minimum atomic E-state index is -2.90. The lowest BCUT2D eigenvalue weighted by atomic mass is 10.2. The van der Waals surface area contributed by atoms with E-state index in [0.29, 0.717) is 17.1 Å². The molecule has 1 heterocycles. The number of hydrogen-bond acceptors (Lipinski definition) is 4. The molecule has 1 aromatic heterocycles. The smallest absolute Gasteiger partial charge is 0.387 e. The van der Waals surface area contributed by atoms with Crippen LogP contribution in [0.3, 0.4) is 0 Å². The third kappa shape index (κ3) is 3.09. The van der Waals surface area contributed by atoms with E-state index in [0.717, 1.165) is 3.57 Å². The summed E-state index contributed by atoms with van der Waals surface area (Å²) < 4.78 is 29.9. The largest absolute Gasteiger partial charge is 0.434 e. The second-order valence-corrected chi connectivity index (χ2v) is 4.79. The Balaban J connectivity index is 2.53. The first-order valence-corrected chi connectivity index (χ1v) is 6.40. The van der Waals surface area contributed by atoms with E-state index in [9.17, 15) is 8.78 Å². The van der Waals surface area contributed by atoms with Gasteiger partial charge in [0.05, 0.1) is 14.8 Å². The molecule has 1 aromatic carbocycles. The summed E-state index contributed by atoms with van der Waals surface area (Å²) in [7, 11) is 0. The van der Waals surface area contributed by atoms with Crippen LogP contribution in [0.4, 0.5) is 14.6 Å². The van der Waals surface area contributed by atoms with Gasteiger partial charge in [0.1, 0.15) is 11.6 Å². The molecule has 0 unspecified atom stereocenters. The predicted octanol–water partition coefficient (Wildman–Crippen LogP) is 3.24. The molecule has 2 N–H and O–H groups in total. The number of aromatic nitrogens is 2. The second-order valence-electron chi connectivity index (χ2n) is 3.71. The molecule has 2 rings (SSSR count). The average molecular weight is 377 g/mol. The van der Waals surface area contributed by atoms with Crippen LogP contribution in [-0.4, -0.2) is 16.6 Å². The van der Waals surface area contributed by atoms with E-state index in [1.807, 2.05) is 22.6 Å². The highest BCUT2D eigenvalue weighted by Crippen LogP contribution is 2.30. The summed E-state index contributed by atoms with van der Waals surface area (Å²) in [5, 5.41) is 0. The summed E-state index contributed by atoms with van der Waals surface area (Å²) in [5.41, 5.74) is 6.84. The van der Waals surface area contributed by atoms with Gasteiger partial charge in [0.2, 0.25) is 0 Å². The van der Waals surface area contributed by atoms with Crippen LogP contribution in [0.25, 0.3) is 11.4 Å². The standard InChI is InChI=1S/C12H10F2IN3O/c1-6-9(15)10(16)18-11(17-6)7-4-2-3-5-8(7)19-12(13)14/h2-5,12H,1H3,(H2,16,17,18). The van der Waals surface area contributed by atoms with Crippen LogP contribution in [0.15, 0.2) is 24.3 Å². The summed E-state index contributed by atoms with van der Waals surface area (Å²) in [5.74, 6) is 0.610. The fourth-order valence-corrected chi connectivity index (χ4v) is 1.79. The highest BCUT2D eigenvalue weighted by Gasteiger charge is 2.15. The van der Waals surface area contributed by atoms with Gasteiger partial charge in [0.15, 0.2) is 5.82 Å². The second kappa shape index (κ2) is 5.64. The van der Waals surface area contributed by atoms with Gasteiger partial charge in [0.25, 0.3) is 0 Å². The van der Waals surface area contributed by atoms with Crippen molar-refractivity contribution in [1.82, 2.24) is 9.97 Å². The Morgan fingerprint density at radius 1 is 1.26 bits per heavy atom. The van der Waals surface area contributed by atoms with Crippen molar-refractivity contribution in [2.75, 3.05) is 5.73 Å². The molecular formula is C12H10F2IN3O. The number of rotatable bonds is 3. The van der Waals surface area contributed by atoms with E-state index in [1.54, 1.807) is 25.1 Å². The molecule has 0 spiro atoms. The topological polar surface area (TPSA) is 61.0 Å². The van der Waals surface area contributed by atoms with E-state index < -0.39 is 6.61 Å². The minimum absolute atomic E-state index is 0.0255. The van der Waals surface area contributed by atoms with Crippen LogP contribution in [-0.2, 0) is 0 Å². The molecule has 7 heteroatoms. The molecule has 0 saturated heterocycles. The van der Waals surface area contributed by atoms with Crippen LogP contribution < -0.4 is 10.5 Å². The molecule has 0 radical (unpaired) electrons. The van der Waals surface area contributed by atoms with Crippen molar-refractivity contribution in [2.45, 2.75) is 13.5 Å². The highest BCUT2D eigenvalue weighted by molar-refractivity contribution is 14.1. The molecule has 0 atom stereocenters. The van der Waals surface area contributed by atoms with Crippen molar-refractivity contribution in [3.63, 3.8) is 0 Å². The maximum atomic E-state index is 12.3. The molecule has 4 nitrogen and oxygen atoms in total. The lowest BCUT2D eigenvalue weighted by Gasteiger charge is -2.11. The Labute approximate surface area is 122 Å². The van der Waals surface area contributed by atoms with Gasteiger partial charge in [-0.25, -0.2) is 9.97 Å². The highest BCUT2D eigenvalue weighted by atomic mass is 127. The number of nitrogens with zero attached hydrogens (tertiary/aromatic N) is 2. The fourth-order valence-electron chi connectivity index (χ4n) is 1.55. The minimum Gasteiger partial charge on any atom is -0.434 e. The van der Waals surface area contributed by atoms with E-state index in [4.69, 9.17) is 5.73 Å². The first-order valence-electron chi connectivity index (χ1n) is 5.33. The molecule has 100 valence electrons. The molecule has 0 aliphatic heterocycles. The van der Waals surface area contributed by atoms with Gasteiger partial charge in [-0.2, -0.15) is 8.78 Å². The quantitative estimate of drug-likeness (QED) is 0.835. The Hall–Kier alpha value is -1.51. The molecule has 0 amide bonds. The van der Waals surface area contributed by atoms with Crippen molar-refractivity contribution < 1.29 is 13.5 Å². The SMILES string of the molecule is Cc1nc(-c2ccccc2OC(F)F)nc(N)c1I. The van der Waals surface area contributed by atoms with Crippen LogP contribution in [0.1, 0.15) is 5.69 Å². The van der Waals surface area contributed by atoms with Crippen molar-refractivity contribution in [3.05, 3.63) is 33.5 Å². The number of hydrogen-bond donors (Lipinski definition) is 1. The number of nitrogen functional groups attached to an aromatic ring is 1. The van der Waals surface area contributed by atoms with Gasteiger partial charge in [0, 0.05) is 0 Å². The normalized spacial score (nSPS) is 10.8. The van der Waals surface area contributed by atoms with Gasteiger partial charge >= 0.3 is 6.61 Å². The number of benzene rings is 1. The van der Waals surface area contributed by atoms with Crippen LogP contribution in [0, 0.1) is 10.5 Å². The van der Waals surface area contributed by atoms with Crippen LogP contribution >= 0.6 is 22.6 Å². The third-order valence-electron chi connectivity index (χ3n) is 2.39. The van der Waals surface area contributed by atoms with Gasteiger partial charge in [-0.3, -0.25) is 0 Å². The summed E-state index contributed by atoms with van der Waals surface area (Å²) in [6, 6.07) is 6.35. The molecule has 0 aliphatic rings. The Morgan fingerprint density at radius 2 is 1.95 bits per heavy atom. The van der Waals surface area contributed by atoms with Crippen molar-refractivity contribution in [3.8, 4) is 17.1 Å². The number of para-hydroxylation sites is 1. The maximum Gasteiger partial charge on any atom is 0.387 e. The van der Waals surface area contributed by atoms with Crippen LogP contribution in [0.2, 0.25) is 0 Å². The number of nitrogens with two attached hydrogens (primary N) is 1. The third-order valence-corrected chi connectivity index (χ3v) is 3.72. The maximum absolute atomic E-state index is 12.3. The summed E-state index contributed by atoms with van der Waals surface area (Å²) in [6.45, 7) is -1.12. The molecular weight excluding hydrogens is 367 g/mol. The average Bonchev–Trinajstić information content (AvgIpc) is 2.35. The zero-order valence-corrected chi connectivity index (χ0v) is 12.1. The number of anilines is 1. The zero-order chi connectivity index (χ0) is 14.0. The lowest BCUT2D eigenvalue weighted by Crippen LogP contribution is -2.06. The zero-order valence-electron chi connectivity index (χ0n) is 9.90. The first-order chi connectivity index (χ1) is 8.99. The molecule has 0 saturated carbocycles. The fraction of sp³-hybridized carbons (Fsp3) is 0.167. The van der Waals surface area contributed by atoms with Gasteiger partial charge in [-0.1, -0.05) is 12.1 Å². The molecule has 19 heavy (non-hydrogen) atoms. The van der Waals surface area contributed by atoms with Crippen LogP contribution in [0.5, 0.6) is 5.75 Å². The molecule has 0 bridgehead atoms. The lowest BCUT2D eigenvalue weighted by molar-refractivity contribution is -0.0494. The number of ether oxygens (including phenoxy) is 1. The first kappa shape index (κ1) is 13.9. The molecule has 0 fully saturated rings. The van der Waals surface area contributed by atoms with E-state index in [1.165, 1.54) is 6.07 Å². The molecule has 0 aliphatic carbocycles. The van der Waals surface area contributed by atoms with E-state index in [-0.39, 0.29) is 11.6 Å². The summed E-state index contributed by atoms with van der Waals surface area (Å²) in [6.07, 6.45) is 0. The summed E-state index contributed by atoms with van der Waals surface area (Å²) in [4.78, 5) is 8.35. The molecule has 2 aromatic rings. The van der Waals surface area contributed by atoms with Crippen molar-refractivity contribution >= 4 is 28.4 Å². The monoisotopic (exact) mass is 377 g/mol. The Morgan fingerprint density at radius 3 is 2.58 bits per heavy atom. The number of halogens is 3. The van der Waals surface area contributed by atoms with Crippen molar-refractivity contribution in [1.29, 1.82) is 0 Å². The predicted molar refractivity (Wildman–Crippen MR) is 76.0 cm³/mol. The van der Waals surface area contributed by atoms with Gasteiger partial charge in [-0.15, -0.1) is 0 Å². The van der Waals surface area contributed by atoms with E-state index in [2.05, 4.69) is 14.7 Å². The summed E-state index contributed by atoms with van der Waals surface area (Å²) >= 11 is 2.03.